The number of aromatic nitrogens is 2. The minimum absolute atomic E-state index is 0.160. The van der Waals surface area contributed by atoms with Crippen LogP contribution in [-0.2, 0) is 6.54 Å². The zero-order valence-corrected chi connectivity index (χ0v) is 12.6. The maximum atomic E-state index is 9.14. The number of hydrogen-bond acceptors (Lipinski definition) is 2. The van der Waals surface area contributed by atoms with Crippen molar-refractivity contribution in [1.29, 1.82) is 0 Å². The minimum atomic E-state index is 0.160. The smallest absolute Gasteiger partial charge is 0.141 e. The summed E-state index contributed by atoms with van der Waals surface area (Å²) in [6.45, 7) is 2.95. The second-order valence-corrected chi connectivity index (χ2v) is 5.60. The van der Waals surface area contributed by atoms with Gasteiger partial charge in [0.15, 0.2) is 0 Å². The van der Waals surface area contributed by atoms with Gasteiger partial charge in [0.25, 0.3) is 0 Å². The lowest BCUT2D eigenvalue weighted by atomic mass is 10.1. The summed E-state index contributed by atoms with van der Waals surface area (Å²) in [6.07, 6.45) is 0.691. The molecule has 3 aromatic rings. The maximum absolute atomic E-state index is 9.14. The van der Waals surface area contributed by atoms with E-state index in [0.29, 0.717) is 11.4 Å². The molecule has 0 saturated heterocycles. The van der Waals surface area contributed by atoms with Gasteiger partial charge in [-0.1, -0.05) is 35.4 Å². The molecule has 0 saturated carbocycles. The molecule has 1 heterocycles. The van der Waals surface area contributed by atoms with Gasteiger partial charge >= 0.3 is 0 Å². The molecule has 0 amide bonds. The van der Waals surface area contributed by atoms with E-state index in [1.54, 1.807) is 0 Å². The molecule has 0 spiro atoms. The van der Waals surface area contributed by atoms with Crippen LogP contribution < -0.4 is 0 Å². The average Bonchev–Trinajstić information content (AvgIpc) is 2.83. The number of rotatable bonds is 4. The van der Waals surface area contributed by atoms with E-state index in [1.165, 1.54) is 5.56 Å². The molecule has 0 fully saturated rings. The van der Waals surface area contributed by atoms with E-state index in [9.17, 15) is 0 Å². The summed E-state index contributed by atoms with van der Waals surface area (Å²) < 4.78 is 2.13. The van der Waals surface area contributed by atoms with Crippen LogP contribution in [0.2, 0.25) is 5.02 Å². The van der Waals surface area contributed by atoms with Gasteiger partial charge < -0.3 is 9.67 Å². The summed E-state index contributed by atoms with van der Waals surface area (Å²) in [5.41, 5.74) is 4.22. The van der Waals surface area contributed by atoms with E-state index >= 15 is 0 Å². The van der Waals surface area contributed by atoms with Gasteiger partial charge in [0.1, 0.15) is 5.82 Å². The Bertz CT molecular complexity index is 780. The van der Waals surface area contributed by atoms with Crippen molar-refractivity contribution in [2.24, 2.45) is 0 Å². The first-order valence-corrected chi connectivity index (χ1v) is 7.40. The van der Waals surface area contributed by atoms with Crippen molar-refractivity contribution in [3.63, 3.8) is 0 Å². The molecule has 0 bridgehead atoms. The predicted molar refractivity (Wildman–Crippen MR) is 86.6 cm³/mol. The summed E-state index contributed by atoms with van der Waals surface area (Å²) in [5.74, 6) is 0.921. The third kappa shape index (κ3) is 2.80. The first kappa shape index (κ1) is 14.1. The minimum Gasteiger partial charge on any atom is -0.396 e. The lowest BCUT2D eigenvalue weighted by Crippen LogP contribution is -2.02. The van der Waals surface area contributed by atoms with Crippen molar-refractivity contribution in [3.8, 4) is 11.4 Å². The van der Waals surface area contributed by atoms with Gasteiger partial charge in [0.2, 0.25) is 0 Å². The van der Waals surface area contributed by atoms with Crippen molar-refractivity contribution in [2.45, 2.75) is 19.9 Å². The van der Waals surface area contributed by atoms with E-state index in [-0.39, 0.29) is 6.61 Å². The molecule has 21 heavy (non-hydrogen) atoms. The summed E-state index contributed by atoms with van der Waals surface area (Å²) in [6, 6.07) is 14.0. The highest BCUT2D eigenvalue weighted by molar-refractivity contribution is 6.31. The second-order valence-electron chi connectivity index (χ2n) is 5.17. The Morgan fingerprint density at radius 3 is 2.81 bits per heavy atom. The fraction of sp³-hybridized carbons (Fsp3) is 0.235. The number of aryl methyl sites for hydroxylation is 2. The molecule has 0 aliphatic rings. The molecule has 1 aromatic heterocycles. The molecule has 3 nitrogen and oxygen atoms in total. The third-order valence-corrected chi connectivity index (χ3v) is 3.76. The molecular weight excluding hydrogens is 284 g/mol. The number of benzene rings is 2. The highest BCUT2D eigenvalue weighted by Crippen LogP contribution is 2.27. The third-order valence-electron chi connectivity index (χ3n) is 3.53. The van der Waals surface area contributed by atoms with E-state index in [0.717, 1.165) is 29.0 Å². The standard InChI is InChI=1S/C17H17ClN2O/c1-12-4-2-5-13(10-12)17-19-15-7-6-14(18)11-16(15)20(17)8-3-9-21/h2,4-7,10-11,21H,3,8-9H2,1H3. The summed E-state index contributed by atoms with van der Waals surface area (Å²) >= 11 is 6.11. The topological polar surface area (TPSA) is 38.0 Å². The lowest BCUT2D eigenvalue weighted by Gasteiger charge is -2.09. The van der Waals surface area contributed by atoms with Crippen molar-refractivity contribution in [1.82, 2.24) is 9.55 Å². The van der Waals surface area contributed by atoms with E-state index < -0.39 is 0 Å². The van der Waals surface area contributed by atoms with E-state index in [2.05, 4.69) is 29.7 Å². The van der Waals surface area contributed by atoms with Gasteiger partial charge in [-0.3, -0.25) is 0 Å². The van der Waals surface area contributed by atoms with Crippen LogP contribution in [-0.4, -0.2) is 21.3 Å². The quantitative estimate of drug-likeness (QED) is 0.789. The van der Waals surface area contributed by atoms with Gasteiger partial charge in [0.05, 0.1) is 11.0 Å². The van der Waals surface area contributed by atoms with Crippen LogP contribution in [0.25, 0.3) is 22.4 Å². The monoisotopic (exact) mass is 300 g/mol. The second kappa shape index (κ2) is 5.88. The largest absolute Gasteiger partial charge is 0.396 e. The Hall–Kier alpha value is -1.84. The predicted octanol–water partition coefficient (Wildman–Crippen LogP) is 4.05. The first-order chi connectivity index (χ1) is 10.2. The lowest BCUT2D eigenvalue weighted by molar-refractivity contribution is 0.281. The maximum Gasteiger partial charge on any atom is 0.141 e. The SMILES string of the molecule is Cc1cccc(-c2nc3ccc(Cl)cc3n2CCCO)c1. The van der Waals surface area contributed by atoms with Gasteiger partial charge in [-0.15, -0.1) is 0 Å². The molecule has 2 aromatic carbocycles. The molecule has 0 unspecified atom stereocenters. The Kier molecular flexibility index (Phi) is 3.95. The molecular formula is C17H17ClN2O. The number of aliphatic hydroxyl groups excluding tert-OH is 1. The molecule has 1 N–H and O–H groups in total. The van der Waals surface area contributed by atoms with E-state index in [1.807, 2.05) is 24.3 Å². The van der Waals surface area contributed by atoms with Crippen LogP contribution in [0.1, 0.15) is 12.0 Å². The van der Waals surface area contributed by atoms with Crippen LogP contribution in [0.5, 0.6) is 0 Å². The normalized spacial score (nSPS) is 11.2. The molecule has 0 atom stereocenters. The van der Waals surface area contributed by atoms with Gasteiger partial charge in [0, 0.05) is 23.7 Å². The molecule has 4 heteroatoms. The fourth-order valence-electron chi connectivity index (χ4n) is 2.56. The Balaban J connectivity index is 2.20. The van der Waals surface area contributed by atoms with Crippen LogP contribution in [0, 0.1) is 6.92 Å². The number of hydrogen-bond donors (Lipinski definition) is 1. The van der Waals surface area contributed by atoms with Gasteiger partial charge in [-0.2, -0.15) is 0 Å². The van der Waals surface area contributed by atoms with Gasteiger partial charge in [-0.25, -0.2) is 4.98 Å². The highest BCUT2D eigenvalue weighted by atomic mass is 35.5. The summed E-state index contributed by atoms with van der Waals surface area (Å²) in [5, 5.41) is 9.84. The highest BCUT2D eigenvalue weighted by Gasteiger charge is 2.12. The van der Waals surface area contributed by atoms with Gasteiger partial charge in [-0.05, 0) is 37.6 Å². The van der Waals surface area contributed by atoms with Crippen molar-refractivity contribution in [2.75, 3.05) is 6.61 Å². The Labute approximate surface area is 128 Å². The summed E-state index contributed by atoms with van der Waals surface area (Å²) in [7, 11) is 0. The number of imidazole rings is 1. The fourth-order valence-corrected chi connectivity index (χ4v) is 2.72. The van der Waals surface area contributed by atoms with Crippen molar-refractivity contribution >= 4 is 22.6 Å². The Morgan fingerprint density at radius 2 is 2.05 bits per heavy atom. The van der Waals surface area contributed by atoms with Crippen molar-refractivity contribution < 1.29 is 5.11 Å². The molecule has 108 valence electrons. The van der Waals surface area contributed by atoms with Crippen LogP contribution in [0.15, 0.2) is 42.5 Å². The molecule has 0 aliphatic carbocycles. The zero-order valence-electron chi connectivity index (χ0n) is 11.9. The average molecular weight is 301 g/mol. The zero-order chi connectivity index (χ0) is 14.8. The van der Waals surface area contributed by atoms with E-state index in [4.69, 9.17) is 21.7 Å². The number of halogens is 1. The van der Waals surface area contributed by atoms with Crippen LogP contribution >= 0.6 is 11.6 Å². The number of nitrogens with zero attached hydrogens (tertiary/aromatic N) is 2. The van der Waals surface area contributed by atoms with Crippen LogP contribution in [0.4, 0.5) is 0 Å². The molecule has 0 aliphatic heterocycles. The summed E-state index contributed by atoms with van der Waals surface area (Å²) in [4.78, 5) is 4.74. The number of aliphatic hydroxyl groups is 1. The van der Waals surface area contributed by atoms with Crippen LogP contribution in [0.3, 0.4) is 0 Å². The van der Waals surface area contributed by atoms with Crippen molar-refractivity contribution in [3.05, 3.63) is 53.1 Å². The first-order valence-electron chi connectivity index (χ1n) is 7.03. The Morgan fingerprint density at radius 1 is 1.19 bits per heavy atom. The molecule has 0 radical (unpaired) electrons. The molecule has 3 rings (SSSR count). The number of fused-ring (bicyclic) bond motifs is 1.